The van der Waals surface area contributed by atoms with Gasteiger partial charge in [0.2, 0.25) is 0 Å². The normalized spacial score (nSPS) is 11.3. The molecule has 2 N–H and O–H groups in total. The Hall–Kier alpha value is -1.15. The van der Waals surface area contributed by atoms with Gasteiger partial charge in [-0.15, -0.1) is 0 Å². The van der Waals surface area contributed by atoms with Crippen LogP contribution < -0.4 is 5.73 Å². The molecule has 0 fully saturated rings. The Kier molecular flexibility index (Phi) is 6.15. The van der Waals surface area contributed by atoms with Crippen LogP contribution in [0.3, 0.4) is 0 Å². The molecule has 0 aliphatic carbocycles. The summed E-state index contributed by atoms with van der Waals surface area (Å²) in [6, 6.07) is 3.47. The second-order valence-corrected chi connectivity index (χ2v) is 5.73. The Balaban J connectivity index is 3.13. The number of carbonyl (C=O) groups is 1. The molecule has 3 nitrogen and oxygen atoms in total. The molecular weight excluding hydrogens is 369 g/mol. The van der Waals surface area contributed by atoms with Gasteiger partial charge in [-0.1, -0.05) is 28.1 Å². The van der Waals surface area contributed by atoms with Crippen LogP contribution >= 0.6 is 28.1 Å². The summed E-state index contributed by atoms with van der Waals surface area (Å²) in [5, 5.41) is 0. The molecule has 0 saturated heterocycles. The Bertz CT molecular complexity index is 549. The maximum atomic E-state index is 13.0. The number of thiocarbonyl (C=S) groups is 1. The molecule has 0 heterocycles. The van der Waals surface area contributed by atoms with Gasteiger partial charge in [0.1, 0.15) is 0 Å². The molecule has 0 unspecified atom stereocenters. The molecule has 0 aliphatic heterocycles. The van der Waals surface area contributed by atoms with Gasteiger partial charge >= 0.3 is 6.18 Å². The summed E-state index contributed by atoms with van der Waals surface area (Å²) < 4.78 is 39.4. The van der Waals surface area contributed by atoms with Gasteiger partial charge < -0.3 is 10.6 Å². The van der Waals surface area contributed by atoms with Gasteiger partial charge in [0, 0.05) is 24.0 Å². The molecule has 0 aromatic heterocycles. The zero-order valence-electron chi connectivity index (χ0n) is 11.2. The van der Waals surface area contributed by atoms with Gasteiger partial charge in [0.05, 0.1) is 16.1 Å². The summed E-state index contributed by atoms with van der Waals surface area (Å²) in [5.41, 5.74) is 4.02. The molecule has 1 aromatic rings. The lowest BCUT2D eigenvalue weighted by atomic mass is 10.1. The predicted octanol–water partition coefficient (Wildman–Crippen LogP) is 3.61. The maximum Gasteiger partial charge on any atom is 0.417 e. The van der Waals surface area contributed by atoms with Crippen molar-refractivity contribution in [1.82, 2.24) is 4.90 Å². The van der Waals surface area contributed by atoms with Crippen molar-refractivity contribution in [3.63, 3.8) is 0 Å². The van der Waals surface area contributed by atoms with Crippen molar-refractivity contribution in [3.8, 4) is 0 Å². The number of nitrogens with two attached hydrogens (primary N) is 1. The highest BCUT2D eigenvalue weighted by Gasteiger charge is 2.36. The monoisotopic (exact) mass is 382 g/mol. The fourth-order valence-electron chi connectivity index (χ4n) is 1.76. The lowest BCUT2D eigenvalue weighted by molar-refractivity contribution is -0.138. The molecule has 0 spiro atoms. The average Bonchev–Trinajstić information content (AvgIpc) is 2.37. The highest BCUT2D eigenvalue weighted by molar-refractivity contribution is 9.10. The minimum absolute atomic E-state index is 0.192. The largest absolute Gasteiger partial charge is 0.417 e. The van der Waals surface area contributed by atoms with Gasteiger partial charge in [-0.25, -0.2) is 0 Å². The molecule has 1 aromatic carbocycles. The first kappa shape index (κ1) is 17.9. The van der Waals surface area contributed by atoms with E-state index in [1.807, 2.05) is 0 Å². The highest BCUT2D eigenvalue weighted by Crippen LogP contribution is 2.34. The number of rotatable bonds is 5. The van der Waals surface area contributed by atoms with E-state index in [9.17, 15) is 18.0 Å². The van der Waals surface area contributed by atoms with Gasteiger partial charge in [-0.05, 0) is 25.1 Å². The van der Waals surface area contributed by atoms with E-state index in [-0.39, 0.29) is 34.5 Å². The molecule has 0 aliphatic rings. The Morgan fingerprint density at radius 2 is 2.05 bits per heavy atom. The molecule has 1 amide bonds. The zero-order chi connectivity index (χ0) is 16.2. The smallest absolute Gasteiger partial charge is 0.393 e. The van der Waals surface area contributed by atoms with E-state index in [0.29, 0.717) is 0 Å². The van der Waals surface area contributed by atoms with E-state index in [1.165, 1.54) is 17.0 Å². The quantitative estimate of drug-likeness (QED) is 0.791. The highest BCUT2D eigenvalue weighted by atomic mass is 79.9. The predicted molar refractivity (Wildman–Crippen MR) is 82.1 cm³/mol. The minimum atomic E-state index is -4.60. The lowest BCUT2D eigenvalue weighted by Gasteiger charge is -2.22. The van der Waals surface area contributed by atoms with Crippen molar-refractivity contribution in [2.75, 3.05) is 13.1 Å². The summed E-state index contributed by atoms with van der Waals surface area (Å²) in [5.74, 6) is -0.687. The molecule has 21 heavy (non-hydrogen) atoms. The number of hydrogen-bond acceptors (Lipinski definition) is 2. The third-order valence-corrected chi connectivity index (χ3v) is 3.51. The van der Waals surface area contributed by atoms with E-state index in [1.54, 1.807) is 6.92 Å². The van der Waals surface area contributed by atoms with Crippen LogP contribution in [0.5, 0.6) is 0 Å². The van der Waals surface area contributed by atoms with Gasteiger partial charge in [0.15, 0.2) is 0 Å². The first-order valence-corrected chi connectivity index (χ1v) is 7.31. The van der Waals surface area contributed by atoms with E-state index in [4.69, 9.17) is 18.0 Å². The van der Waals surface area contributed by atoms with Crippen molar-refractivity contribution in [2.45, 2.75) is 19.5 Å². The number of benzene rings is 1. The fraction of sp³-hybridized carbons (Fsp3) is 0.385. The van der Waals surface area contributed by atoms with Crippen LogP contribution in [0.15, 0.2) is 22.7 Å². The van der Waals surface area contributed by atoms with Crippen molar-refractivity contribution in [2.24, 2.45) is 5.73 Å². The number of nitrogens with zero attached hydrogens (tertiary/aromatic N) is 1. The van der Waals surface area contributed by atoms with Crippen LogP contribution in [0.4, 0.5) is 13.2 Å². The Morgan fingerprint density at radius 1 is 1.43 bits per heavy atom. The molecule has 0 radical (unpaired) electrons. The second kappa shape index (κ2) is 7.22. The summed E-state index contributed by atoms with van der Waals surface area (Å²) in [7, 11) is 0. The molecule has 116 valence electrons. The van der Waals surface area contributed by atoms with Crippen molar-refractivity contribution >= 4 is 39.0 Å². The van der Waals surface area contributed by atoms with Gasteiger partial charge in [-0.2, -0.15) is 13.2 Å². The fourth-order valence-corrected chi connectivity index (χ4v) is 2.21. The summed E-state index contributed by atoms with van der Waals surface area (Å²) in [6.07, 6.45) is -4.33. The van der Waals surface area contributed by atoms with Gasteiger partial charge in [0.25, 0.3) is 5.91 Å². The summed E-state index contributed by atoms with van der Waals surface area (Å²) >= 11 is 7.70. The van der Waals surface area contributed by atoms with E-state index < -0.39 is 17.6 Å². The summed E-state index contributed by atoms with van der Waals surface area (Å²) in [4.78, 5) is 13.8. The Morgan fingerprint density at radius 3 is 2.52 bits per heavy atom. The maximum absolute atomic E-state index is 13.0. The van der Waals surface area contributed by atoms with Gasteiger partial charge in [-0.3, -0.25) is 4.79 Å². The van der Waals surface area contributed by atoms with Crippen LogP contribution in [0.1, 0.15) is 29.3 Å². The summed E-state index contributed by atoms with van der Waals surface area (Å²) in [6.45, 7) is 2.15. The number of amides is 1. The topological polar surface area (TPSA) is 46.3 Å². The van der Waals surface area contributed by atoms with Crippen LogP contribution in [-0.4, -0.2) is 28.9 Å². The van der Waals surface area contributed by atoms with Crippen LogP contribution in [-0.2, 0) is 6.18 Å². The zero-order valence-corrected chi connectivity index (χ0v) is 13.6. The van der Waals surface area contributed by atoms with Crippen molar-refractivity contribution < 1.29 is 18.0 Å². The molecule has 0 bridgehead atoms. The van der Waals surface area contributed by atoms with Crippen LogP contribution in [0, 0.1) is 0 Å². The van der Waals surface area contributed by atoms with Crippen LogP contribution in [0.2, 0.25) is 0 Å². The molecule has 0 atom stereocenters. The van der Waals surface area contributed by atoms with E-state index in [2.05, 4.69) is 15.9 Å². The lowest BCUT2D eigenvalue weighted by Crippen LogP contribution is -2.34. The van der Waals surface area contributed by atoms with Crippen molar-refractivity contribution in [3.05, 3.63) is 33.8 Å². The third kappa shape index (κ3) is 4.96. The first-order chi connectivity index (χ1) is 9.66. The molecular formula is C13H14BrF3N2OS. The number of alkyl halides is 3. The number of halogens is 4. The second-order valence-electron chi connectivity index (χ2n) is 4.29. The average molecular weight is 383 g/mol. The number of carbonyl (C=O) groups excluding carboxylic acids is 1. The van der Waals surface area contributed by atoms with E-state index >= 15 is 0 Å². The molecule has 1 rings (SSSR count). The van der Waals surface area contributed by atoms with Crippen LogP contribution in [0.25, 0.3) is 0 Å². The SMILES string of the molecule is CCN(CCC(N)=S)C(=O)c1ccc(Br)cc1C(F)(F)F. The molecule has 0 saturated carbocycles. The molecule has 8 heteroatoms. The third-order valence-electron chi connectivity index (χ3n) is 2.81. The number of hydrogen-bond donors (Lipinski definition) is 1. The van der Waals surface area contributed by atoms with E-state index in [0.717, 1.165) is 6.07 Å². The standard InChI is InChI=1S/C13H14BrF3N2OS/c1-2-19(6-5-11(18)21)12(20)9-4-3-8(14)7-10(9)13(15,16)17/h3-4,7H,2,5-6H2,1H3,(H2,18,21). The minimum Gasteiger partial charge on any atom is -0.393 e. The van der Waals surface area contributed by atoms with Crippen molar-refractivity contribution in [1.29, 1.82) is 0 Å². The Labute approximate surface area is 134 Å². The first-order valence-electron chi connectivity index (χ1n) is 6.11.